The number of furan rings is 1. The molecule has 2 aromatic heterocycles. The van der Waals surface area contributed by atoms with Crippen LogP contribution in [-0.2, 0) is 0 Å². The van der Waals surface area contributed by atoms with E-state index in [9.17, 15) is 0 Å². The SMILES string of the molecule is [2H]c1c([2H])c([2H])c(-c2nc(-c3ccc(-c4cccc5ccccc45)cc3)nc(-c3cccc4c3oc3cc5ccccc5cc34)n2)c([2H])c1[2H]. The molecule has 0 spiro atoms. The molecule has 4 heteroatoms. The standard InChI is InChI=1S/C41H25N3O/c1-2-11-28(12-3-1)39-42-40(29-22-20-27(21-23-29)33-17-8-15-26-10-6-7-16-32(26)33)44-41(43-39)35-19-9-18-34-36-24-30-13-4-5-14-31(30)25-37(36)45-38(34)35/h1-25H/i1D,2D,3D,11D,12D. The molecule has 9 rings (SSSR count). The van der Waals surface area contributed by atoms with Crippen LogP contribution in [0.2, 0.25) is 0 Å². The van der Waals surface area contributed by atoms with Crippen molar-refractivity contribution in [1.29, 1.82) is 0 Å². The van der Waals surface area contributed by atoms with Crippen molar-refractivity contribution in [3.8, 4) is 45.3 Å². The van der Waals surface area contributed by atoms with Crippen molar-refractivity contribution in [3.05, 3.63) is 152 Å². The van der Waals surface area contributed by atoms with Crippen LogP contribution in [-0.4, -0.2) is 15.0 Å². The van der Waals surface area contributed by atoms with Crippen LogP contribution in [0.4, 0.5) is 0 Å². The first-order chi connectivity index (χ1) is 24.4. The zero-order valence-corrected chi connectivity index (χ0v) is 23.8. The molecule has 0 unspecified atom stereocenters. The van der Waals surface area contributed by atoms with Gasteiger partial charge in [0.05, 0.1) is 12.4 Å². The van der Waals surface area contributed by atoms with E-state index in [2.05, 4.69) is 36.4 Å². The van der Waals surface area contributed by atoms with Crippen molar-refractivity contribution >= 4 is 43.5 Å². The van der Waals surface area contributed by atoms with Crippen LogP contribution in [0.5, 0.6) is 0 Å². The Hall–Kier alpha value is -6.13. The molecular weight excluding hydrogens is 550 g/mol. The summed E-state index contributed by atoms with van der Waals surface area (Å²) in [5.41, 5.74) is 4.57. The molecule has 9 aromatic rings. The summed E-state index contributed by atoms with van der Waals surface area (Å²) in [6, 6.07) is 38.1. The molecule has 45 heavy (non-hydrogen) atoms. The molecule has 2 heterocycles. The van der Waals surface area contributed by atoms with Gasteiger partial charge in [-0.05, 0) is 50.9 Å². The highest BCUT2D eigenvalue weighted by atomic mass is 16.3. The van der Waals surface area contributed by atoms with Gasteiger partial charge in [0.25, 0.3) is 0 Å². The maximum Gasteiger partial charge on any atom is 0.167 e. The summed E-state index contributed by atoms with van der Waals surface area (Å²) in [7, 11) is 0. The molecule has 0 radical (unpaired) electrons. The number of benzene rings is 7. The summed E-state index contributed by atoms with van der Waals surface area (Å²) in [5, 5.41) is 6.26. The second-order valence-electron chi connectivity index (χ2n) is 10.9. The Bertz CT molecular complexity index is 2800. The molecule has 0 bridgehead atoms. The second kappa shape index (κ2) is 10.2. The van der Waals surface area contributed by atoms with Gasteiger partial charge in [0.15, 0.2) is 17.5 Å². The summed E-state index contributed by atoms with van der Waals surface area (Å²) in [6.07, 6.45) is 0. The average Bonchev–Trinajstić information content (AvgIpc) is 3.52. The average molecular weight is 581 g/mol. The molecule has 4 nitrogen and oxygen atoms in total. The predicted molar refractivity (Wildman–Crippen MR) is 184 cm³/mol. The first-order valence-corrected chi connectivity index (χ1v) is 14.6. The van der Waals surface area contributed by atoms with E-state index in [4.69, 9.17) is 26.2 Å². The molecule has 210 valence electrons. The number of aromatic nitrogens is 3. The van der Waals surface area contributed by atoms with Crippen molar-refractivity contribution in [2.75, 3.05) is 0 Å². The Morgan fingerprint density at radius 1 is 0.444 bits per heavy atom. The van der Waals surface area contributed by atoms with Gasteiger partial charge < -0.3 is 4.42 Å². The van der Waals surface area contributed by atoms with Crippen molar-refractivity contribution in [1.82, 2.24) is 15.0 Å². The topological polar surface area (TPSA) is 51.8 Å². The summed E-state index contributed by atoms with van der Waals surface area (Å²) < 4.78 is 48.6. The lowest BCUT2D eigenvalue weighted by Crippen LogP contribution is -2.00. The van der Waals surface area contributed by atoms with Crippen LogP contribution >= 0.6 is 0 Å². The van der Waals surface area contributed by atoms with E-state index in [-0.39, 0.29) is 29.3 Å². The van der Waals surface area contributed by atoms with Crippen LogP contribution in [0.15, 0.2) is 156 Å². The summed E-state index contributed by atoms with van der Waals surface area (Å²) in [5.74, 6) is 0.517. The van der Waals surface area contributed by atoms with E-state index in [0.29, 0.717) is 22.5 Å². The molecule has 0 aliphatic carbocycles. The minimum Gasteiger partial charge on any atom is -0.455 e. The highest BCUT2D eigenvalue weighted by Gasteiger charge is 2.18. The quantitative estimate of drug-likeness (QED) is 0.208. The highest BCUT2D eigenvalue weighted by Crippen LogP contribution is 2.38. The van der Waals surface area contributed by atoms with E-state index in [1.807, 2.05) is 84.9 Å². The minimum atomic E-state index is -0.485. The van der Waals surface area contributed by atoms with E-state index < -0.39 is 18.1 Å². The van der Waals surface area contributed by atoms with Gasteiger partial charge in [-0.2, -0.15) is 0 Å². The molecule has 0 N–H and O–H groups in total. The number of fused-ring (bicyclic) bond motifs is 5. The normalized spacial score (nSPS) is 13.1. The van der Waals surface area contributed by atoms with Crippen molar-refractivity contribution in [2.24, 2.45) is 0 Å². The fourth-order valence-corrected chi connectivity index (χ4v) is 6.03. The van der Waals surface area contributed by atoms with Gasteiger partial charge in [-0.1, -0.05) is 133 Å². The van der Waals surface area contributed by atoms with Gasteiger partial charge in [-0.15, -0.1) is 0 Å². The Morgan fingerprint density at radius 2 is 1.04 bits per heavy atom. The second-order valence-corrected chi connectivity index (χ2v) is 10.9. The van der Waals surface area contributed by atoms with Gasteiger partial charge in [-0.25, -0.2) is 15.0 Å². The van der Waals surface area contributed by atoms with Crippen LogP contribution in [0.25, 0.3) is 88.8 Å². The summed E-state index contributed by atoms with van der Waals surface area (Å²) in [4.78, 5) is 14.4. The fourth-order valence-electron chi connectivity index (χ4n) is 6.03. The lowest BCUT2D eigenvalue weighted by Gasteiger charge is -2.10. The maximum absolute atomic E-state index is 8.70. The number of para-hydroxylation sites is 1. The molecule has 7 aromatic carbocycles. The zero-order chi connectivity index (χ0) is 34.1. The zero-order valence-electron chi connectivity index (χ0n) is 28.8. The smallest absolute Gasteiger partial charge is 0.167 e. The molecule has 0 saturated carbocycles. The lowest BCUT2D eigenvalue weighted by molar-refractivity contribution is 0.670. The molecule has 0 atom stereocenters. The van der Waals surface area contributed by atoms with E-state index in [1.165, 1.54) is 0 Å². The molecule has 0 aliphatic heterocycles. The summed E-state index contributed by atoms with van der Waals surface area (Å²) in [6.45, 7) is 0. The van der Waals surface area contributed by atoms with Gasteiger partial charge >= 0.3 is 0 Å². The third-order valence-corrected chi connectivity index (χ3v) is 8.21. The largest absolute Gasteiger partial charge is 0.455 e. The first kappa shape index (κ1) is 20.7. The van der Waals surface area contributed by atoms with E-state index >= 15 is 0 Å². The molecule has 0 fully saturated rings. The number of rotatable bonds is 4. The van der Waals surface area contributed by atoms with Crippen molar-refractivity contribution in [3.63, 3.8) is 0 Å². The van der Waals surface area contributed by atoms with Crippen LogP contribution in [0.3, 0.4) is 0 Å². The molecular formula is C41H25N3O. The third-order valence-electron chi connectivity index (χ3n) is 8.21. The Balaban J connectivity index is 1.26. The van der Waals surface area contributed by atoms with Gasteiger partial charge in [0.2, 0.25) is 0 Å². The van der Waals surface area contributed by atoms with Crippen LogP contribution < -0.4 is 0 Å². The van der Waals surface area contributed by atoms with Crippen molar-refractivity contribution < 1.29 is 11.3 Å². The molecule has 0 amide bonds. The monoisotopic (exact) mass is 580 g/mol. The summed E-state index contributed by atoms with van der Waals surface area (Å²) >= 11 is 0. The Labute approximate surface area is 266 Å². The van der Waals surface area contributed by atoms with Gasteiger partial charge in [0.1, 0.15) is 11.2 Å². The molecule has 0 saturated heterocycles. The number of hydrogen-bond donors (Lipinski definition) is 0. The van der Waals surface area contributed by atoms with Crippen LogP contribution in [0.1, 0.15) is 6.85 Å². The van der Waals surface area contributed by atoms with Gasteiger partial charge in [0, 0.05) is 21.9 Å². The Kier molecular flexibility index (Phi) is 4.72. The van der Waals surface area contributed by atoms with Crippen molar-refractivity contribution in [2.45, 2.75) is 0 Å². The van der Waals surface area contributed by atoms with E-state index in [0.717, 1.165) is 49.0 Å². The van der Waals surface area contributed by atoms with E-state index in [1.54, 1.807) is 0 Å². The maximum atomic E-state index is 8.70. The Morgan fingerprint density at radius 3 is 1.87 bits per heavy atom. The minimum absolute atomic E-state index is 0.0287. The predicted octanol–water partition coefficient (Wildman–Crippen LogP) is 10.7. The third kappa shape index (κ3) is 4.35. The fraction of sp³-hybridized carbons (Fsp3) is 0. The lowest BCUT2D eigenvalue weighted by atomic mass is 9.97. The number of nitrogens with zero attached hydrogens (tertiary/aromatic N) is 3. The number of hydrogen-bond acceptors (Lipinski definition) is 4. The van der Waals surface area contributed by atoms with Gasteiger partial charge in [-0.3, -0.25) is 0 Å². The first-order valence-electron chi connectivity index (χ1n) is 17.1. The molecule has 0 aliphatic rings. The highest BCUT2D eigenvalue weighted by molar-refractivity contribution is 6.13. The van der Waals surface area contributed by atoms with Crippen LogP contribution in [0, 0.1) is 0 Å².